The second kappa shape index (κ2) is 4.21. The zero-order valence-corrected chi connectivity index (χ0v) is 13.4. The van der Waals surface area contributed by atoms with Crippen LogP contribution in [0.15, 0.2) is 0 Å². The molecule has 1 aliphatic carbocycles. The van der Waals surface area contributed by atoms with Gasteiger partial charge in [-0.25, -0.2) is 0 Å². The lowest BCUT2D eigenvalue weighted by Gasteiger charge is -2.24. The van der Waals surface area contributed by atoms with Crippen molar-refractivity contribution in [3.63, 3.8) is 0 Å². The van der Waals surface area contributed by atoms with Crippen LogP contribution in [-0.2, 0) is 0 Å². The summed E-state index contributed by atoms with van der Waals surface area (Å²) in [5.41, 5.74) is 1.25. The zero-order valence-electron chi connectivity index (χ0n) is 13.4. The van der Waals surface area contributed by atoms with Crippen molar-refractivity contribution in [3.8, 4) is 0 Å². The molecule has 1 N–H and O–H groups in total. The first-order chi connectivity index (χ1) is 8.06. The van der Waals surface area contributed by atoms with Crippen molar-refractivity contribution >= 4 is 0 Å². The minimum atomic E-state index is 0.255. The van der Waals surface area contributed by atoms with Gasteiger partial charge in [-0.1, -0.05) is 27.7 Å². The monoisotopic (exact) mass is 252 g/mol. The molecule has 2 nitrogen and oxygen atoms in total. The highest BCUT2D eigenvalue weighted by molar-refractivity contribution is 5.19. The van der Waals surface area contributed by atoms with Crippen LogP contribution in [0.4, 0.5) is 0 Å². The summed E-state index contributed by atoms with van der Waals surface area (Å²) in [5.74, 6) is 0.844. The Hall–Kier alpha value is -0.0800. The molecule has 0 bridgehead atoms. The number of hydrogen-bond acceptors (Lipinski definition) is 2. The quantitative estimate of drug-likeness (QED) is 0.830. The largest absolute Gasteiger partial charge is 0.312 e. The van der Waals surface area contributed by atoms with E-state index in [-0.39, 0.29) is 5.54 Å². The molecule has 1 saturated heterocycles. The molecule has 2 heteroatoms. The number of rotatable bonds is 3. The number of nitrogens with one attached hydrogen (secondary N) is 1. The van der Waals surface area contributed by atoms with Crippen LogP contribution in [0.3, 0.4) is 0 Å². The lowest BCUT2D eigenvalue weighted by Crippen LogP contribution is -2.40. The van der Waals surface area contributed by atoms with E-state index in [1.165, 1.54) is 26.1 Å². The van der Waals surface area contributed by atoms with Crippen LogP contribution >= 0.6 is 0 Å². The third-order valence-electron chi connectivity index (χ3n) is 5.55. The van der Waals surface area contributed by atoms with Gasteiger partial charge < -0.3 is 5.32 Å². The fraction of sp³-hybridized carbons (Fsp3) is 1.00. The molecule has 0 aromatic carbocycles. The summed E-state index contributed by atoms with van der Waals surface area (Å²) in [5, 5.41) is 3.66. The molecule has 1 aliphatic heterocycles. The number of hydrogen-bond donors (Lipinski definition) is 1. The van der Waals surface area contributed by atoms with Gasteiger partial charge in [0.25, 0.3) is 0 Å². The van der Waals surface area contributed by atoms with Gasteiger partial charge in [0.15, 0.2) is 0 Å². The van der Waals surface area contributed by atoms with E-state index < -0.39 is 0 Å². The van der Waals surface area contributed by atoms with Gasteiger partial charge in [0.2, 0.25) is 0 Å². The second-order valence-corrected chi connectivity index (χ2v) is 8.63. The van der Waals surface area contributed by atoms with E-state index in [4.69, 9.17) is 0 Å². The first kappa shape index (κ1) is 14.3. The molecule has 2 rings (SSSR count). The Morgan fingerprint density at radius 1 is 1.11 bits per heavy atom. The molecular weight excluding hydrogens is 220 g/mol. The molecule has 0 aromatic rings. The summed E-state index contributed by atoms with van der Waals surface area (Å²) in [6.07, 6.45) is 1.37. The van der Waals surface area contributed by atoms with Gasteiger partial charge in [0.1, 0.15) is 0 Å². The van der Waals surface area contributed by atoms with E-state index in [1.54, 1.807) is 0 Å². The normalized spacial score (nSPS) is 31.8. The second-order valence-electron chi connectivity index (χ2n) is 8.63. The molecule has 106 valence electrons. The molecule has 1 heterocycles. The van der Waals surface area contributed by atoms with Crippen LogP contribution in [-0.4, -0.2) is 36.1 Å². The van der Waals surface area contributed by atoms with Crippen molar-refractivity contribution in [1.82, 2.24) is 10.2 Å². The van der Waals surface area contributed by atoms with Gasteiger partial charge in [-0.05, 0) is 57.0 Å². The van der Waals surface area contributed by atoms with Gasteiger partial charge in [-0.3, -0.25) is 4.90 Å². The van der Waals surface area contributed by atoms with Crippen LogP contribution < -0.4 is 5.32 Å². The third-order valence-corrected chi connectivity index (χ3v) is 5.55. The lowest BCUT2D eigenvalue weighted by molar-refractivity contribution is 0.263. The molecule has 0 aromatic heterocycles. The van der Waals surface area contributed by atoms with Crippen molar-refractivity contribution in [1.29, 1.82) is 0 Å². The highest BCUT2D eigenvalue weighted by Crippen LogP contribution is 2.65. The van der Waals surface area contributed by atoms with Crippen LogP contribution in [0.5, 0.6) is 0 Å². The summed E-state index contributed by atoms with van der Waals surface area (Å²) in [4.78, 5) is 2.75. The average Bonchev–Trinajstić information content (AvgIpc) is 2.56. The molecule has 2 fully saturated rings. The molecule has 1 atom stereocenters. The summed E-state index contributed by atoms with van der Waals surface area (Å²) >= 11 is 0. The Labute approximate surface area is 114 Å². The van der Waals surface area contributed by atoms with E-state index in [0.29, 0.717) is 10.8 Å². The van der Waals surface area contributed by atoms with E-state index in [1.807, 2.05) is 0 Å². The summed E-state index contributed by atoms with van der Waals surface area (Å²) in [6, 6.07) is 0.796. The van der Waals surface area contributed by atoms with E-state index in [9.17, 15) is 0 Å². The summed E-state index contributed by atoms with van der Waals surface area (Å²) in [7, 11) is 0. The predicted octanol–water partition coefficient (Wildman–Crippen LogP) is 3.13. The Kier molecular flexibility index (Phi) is 3.35. The maximum Gasteiger partial charge on any atom is 0.0209 e. The Balaban J connectivity index is 1.84. The van der Waals surface area contributed by atoms with Crippen molar-refractivity contribution in [2.24, 2.45) is 16.7 Å². The molecule has 18 heavy (non-hydrogen) atoms. The highest BCUT2D eigenvalue weighted by atomic mass is 15.2. The first-order valence-corrected chi connectivity index (χ1v) is 7.55. The minimum absolute atomic E-state index is 0.255. The highest BCUT2D eigenvalue weighted by Gasteiger charge is 2.67. The maximum absolute atomic E-state index is 3.66. The lowest BCUT2D eigenvalue weighted by atomic mass is 10.0. The average molecular weight is 252 g/mol. The third kappa shape index (κ3) is 2.46. The maximum atomic E-state index is 3.66. The van der Waals surface area contributed by atoms with Crippen LogP contribution in [0.2, 0.25) is 0 Å². The van der Waals surface area contributed by atoms with Crippen LogP contribution in [0.25, 0.3) is 0 Å². The standard InChI is InChI=1S/C16H32N2/c1-14(2,3)17-10-12-8-9-18(11-12)13-15(4,5)16(13,6)7/h12-13,17H,8-11H2,1-7H3. The molecular formula is C16H32N2. The Morgan fingerprint density at radius 3 is 2.11 bits per heavy atom. The molecule has 1 saturated carbocycles. The van der Waals surface area contributed by atoms with Crippen molar-refractivity contribution in [3.05, 3.63) is 0 Å². The topological polar surface area (TPSA) is 15.3 Å². The van der Waals surface area contributed by atoms with Crippen molar-refractivity contribution < 1.29 is 0 Å². The number of nitrogens with zero attached hydrogens (tertiary/aromatic N) is 1. The van der Waals surface area contributed by atoms with Gasteiger partial charge in [0.05, 0.1) is 0 Å². The van der Waals surface area contributed by atoms with Gasteiger partial charge in [-0.2, -0.15) is 0 Å². The first-order valence-electron chi connectivity index (χ1n) is 7.55. The molecule has 2 aliphatic rings. The molecule has 1 unspecified atom stereocenters. The number of likely N-dealkylation sites (tertiary alicyclic amines) is 1. The minimum Gasteiger partial charge on any atom is -0.312 e. The van der Waals surface area contributed by atoms with Crippen molar-refractivity contribution in [2.75, 3.05) is 19.6 Å². The summed E-state index contributed by atoms with van der Waals surface area (Å²) < 4.78 is 0. The van der Waals surface area contributed by atoms with Crippen LogP contribution in [0.1, 0.15) is 54.9 Å². The molecule has 0 spiro atoms. The molecule has 0 amide bonds. The SMILES string of the molecule is CC(C)(C)NCC1CCN(C2C(C)(C)C2(C)C)C1. The Morgan fingerprint density at radius 2 is 1.67 bits per heavy atom. The summed E-state index contributed by atoms with van der Waals surface area (Å²) in [6.45, 7) is 20.3. The fourth-order valence-electron chi connectivity index (χ4n) is 3.79. The van der Waals surface area contributed by atoms with Gasteiger partial charge in [0, 0.05) is 18.1 Å². The van der Waals surface area contributed by atoms with Gasteiger partial charge in [-0.15, -0.1) is 0 Å². The fourth-order valence-corrected chi connectivity index (χ4v) is 3.79. The van der Waals surface area contributed by atoms with E-state index in [0.717, 1.165) is 12.0 Å². The predicted molar refractivity (Wildman–Crippen MR) is 78.8 cm³/mol. The Bertz CT molecular complexity index is 298. The van der Waals surface area contributed by atoms with Crippen molar-refractivity contribution in [2.45, 2.75) is 66.5 Å². The smallest absolute Gasteiger partial charge is 0.0209 e. The molecule has 0 radical (unpaired) electrons. The van der Waals surface area contributed by atoms with Gasteiger partial charge >= 0.3 is 0 Å². The van der Waals surface area contributed by atoms with E-state index >= 15 is 0 Å². The zero-order chi connectivity index (χ0) is 13.8. The van der Waals surface area contributed by atoms with Crippen LogP contribution in [0, 0.1) is 16.7 Å². The van der Waals surface area contributed by atoms with E-state index in [2.05, 4.69) is 58.7 Å².